The Balaban J connectivity index is -0.000000103. The van der Waals surface area contributed by atoms with E-state index in [0.29, 0.717) is 18.4 Å². The number of nitrogens with one attached hydrogen (secondary N) is 1. The topological polar surface area (TPSA) is 49.3 Å². The maximum absolute atomic E-state index is 10.5. The number of carbonyl (C=O) groups excluding carboxylic acids is 1. The van der Waals surface area contributed by atoms with Gasteiger partial charge in [-0.1, -0.05) is 55.4 Å². The molecule has 0 heterocycles. The van der Waals surface area contributed by atoms with E-state index >= 15 is 0 Å². The number of rotatable bonds is 5. The van der Waals surface area contributed by atoms with Gasteiger partial charge in [0.25, 0.3) is 0 Å². The molecule has 3 nitrogen and oxygen atoms in total. The highest BCUT2D eigenvalue weighted by Crippen LogP contribution is 2.19. The Labute approximate surface area is 128 Å². The normalized spacial score (nSPS) is 9.20. The van der Waals surface area contributed by atoms with Gasteiger partial charge in [0.15, 0.2) is 0 Å². The summed E-state index contributed by atoms with van der Waals surface area (Å²) in [5.74, 6) is 0.162. The molecule has 0 aromatic rings. The summed E-state index contributed by atoms with van der Waals surface area (Å²) in [6, 6.07) is 0. The van der Waals surface area contributed by atoms with Crippen molar-refractivity contribution in [1.29, 1.82) is 0 Å². The fraction of sp³-hybridized carbons (Fsp3) is 0.941. The minimum atomic E-state index is 0. The lowest BCUT2D eigenvalue weighted by atomic mass is 9.91. The second kappa shape index (κ2) is 20.7. The summed E-state index contributed by atoms with van der Waals surface area (Å²) in [5.41, 5.74) is 0.392. The van der Waals surface area contributed by atoms with Gasteiger partial charge in [0.05, 0.1) is 0 Å². The molecule has 3 heteroatoms. The van der Waals surface area contributed by atoms with Crippen molar-refractivity contribution in [2.75, 3.05) is 13.2 Å². The van der Waals surface area contributed by atoms with Crippen LogP contribution in [0.5, 0.6) is 0 Å². The first-order valence-electron chi connectivity index (χ1n) is 7.66. The van der Waals surface area contributed by atoms with E-state index in [0.717, 1.165) is 25.8 Å². The first-order valence-corrected chi connectivity index (χ1v) is 7.66. The van der Waals surface area contributed by atoms with Crippen LogP contribution < -0.4 is 5.32 Å². The van der Waals surface area contributed by atoms with Crippen LogP contribution in [0.1, 0.15) is 88.0 Å². The van der Waals surface area contributed by atoms with Gasteiger partial charge in [-0.25, -0.2) is 0 Å². The fourth-order valence-corrected chi connectivity index (χ4v) is 1.12. The Morgan fingerprint density at radius 1 is 1.10 bits per heavy atom. The molecule has 0 radical (unpaired) electrons. The Kier molecular flexibility index (Phi) is 28.7. The summed E-state index contributed by atoms with van der Waals surface area (Å²) in [6.45, 7) is 15.8. The molecule has 0 unspecified atom stereocenters. The number of carbonyl (C=O) groups is 1. The molecule has 0 aliphatic rings. The van der Waals surface area contributed by atoms with Gasteiger partial charge in [-0.2, -0.15) is 0 Å². The second-order valence-corrected chi connectivity index (χ2v) is 5.80. The Bertz CT molecular complexity index is 166. The molecular weight excluding hydrogens is 250 g/mol. The zero-order valence-corrected chi connectivity index (χ0v) is 14.3. The maximum atomic E-state index is 10.5. The Hall–Kier alpha value is -0.570. The summed E-state index contributed by atoms with van der Waals surface area (Å²) in [7, 11) is 0. The first kappa shape index (κ1) is 27.7. The van der Waals surface area contributed by atoms with Gasteiger partial charge in [-0.05, 0) is 31.6 Å². The van der Waals surface area contributed by atoms with Crippen LogP contribution in [0.4, 0.5) is 0 Å². The van der Waals surface area contributed by atoms with Gasteiger partial charge < -0.3 is 10.4 Å². The summed E-state index contributed by atoms with van der Waals surface area (Å²) in [4.78, 5) is 10.5. The predicted octanol–water partition coefficient (Wildman–Crippen LogP) is 4.78. The van der Waals surface area contributed by atoms with Gasteiger partial charge in [-0.15, -0.1) is 0 Å². The molecule has 0 spiro atoms. The molecule has 0 aromatic carbocycles. The third kappa shape index (κ3) is 43.3. The van der Waals surface area contributed by atoms with E-state index in [4.69, 9.17) is 5.11 Å². The molecule has 126 valence electrons. The molecule has 0 atom stereocenters. The molecule has 0 aliphatic carbocycles. The largest absolute Gasteiger partial charge is 0.396 e. The number of hydrogen-bond acceptors (Lipinski definition) is 2. The van der Waals surface area contributed by atoms with E-state index < -0.39 is 0 Å². The molecule has 20 heavy (non-hydrogen) atoms. The lowest BCUT2D eigenvalue weighted by molar-refractivity contribution is -0.121. The highest BCUT2D eigenvalue weighted by atomic mass is 16.2. The van der Waals surface area contributed by atoms with Crippen molar-refractivity contribution in [3.63, 3.8) is 0 Å². The summed E-state index contributed by atoms with van der Waals surface area (Å²) in [5, 5.41) is 11.1. The van der Waals surface area contributed by atoms with E-state index in [1.165, 1.54) is 6.42 Å². The van der Waals surface area contributed by atoms with Gasteiger partial charge in [0.2, 0.25) is 5.91 Å². The van der Waals surface area contributed by atoms with Crippen LogP contribution in [0.25, 0.3) is 0 Å². The van der Waals surface area contributed by atoms with Crippen LogP contribution in [0.15, 0.2) is 0 Å². The van der Waals surface area contributed by atoms with Crippen molar-refractivity contribution in [3.8, 4) is 0 Å². The standard InChI is InChI=1S/C7H16O.C6H13NO.C3H8.CH4/c1-7(2,3)5-4-6-8;1-3-5-6(8)7-4-2;1-3-2;/h8H,4-6H2,1-3H3;3-5H2,1-2H3,(H,7,8);3H2,1-2H3;1H4. The van der Waals surface area contributed by atoms with Crippen LogP contribution in [0.2, 0.25) is 0 Å². The van der Waals surface area contributed by atoms with Crippen LogP contribution in [0, 0.1) is 5.41 Å². The maximum Gasteiger partial charge on any atom is 0.219 e. The molecule has 0 saturated heterocycles. The third-order valence-corrected chi connectivity index (χ3v) is 1.94. The average Bonchev–Trinajstić information content (AvgIpc) is 2.28. The van der Waals surface area contributed by atoms with Crippen molar-refractivity contribution in [1.82, 2.24) is 5.32 Å². The Morgan fingerprint density at radius 2 is 1.55 bits per heavy atom. The van der Waals surface area contributed by atoms with Crippen molar-refractivity contribution < 1.29 is 9.90 Å². The first-order chi connectivity index (χ1) is 8.78. The lowest BCUT2D eigenvalue weighted by Gasteiger charge is -2.16. The summed E-state index contributed by atoms with van der Waals surface area (Å²) >= 11 is 0. The van der Waals surface area contributed by atoms with Crippen molar-refractivity contribution >= 4 is 5.91 Å². The van der Waals surface area contributed by atoms with Gasteiger partial charge in [-0.3, -0.25) is 4.79 Å². The minimum Gasteiger partial charge on any atom is -0.396 e. The molecule has 0 fully saturated rings. The monoisotopic (exact) mass is 291 g/mol. The number of aliphatic hydroxyl groups excluding tert-OH is 1. The van der Waals surface area contributed by atoms with Gasteiger partial charge in [0.1, 0.15) is 0 Å². The zero-order valence-electron chi connectivity index (χ0n) is 14.3. The van der Waals surface area contributed by atoms with Crippen molar-refractivity contribution in [3.05, 3.63) is 0 Å². The van der Waals surface area contributed by atoms with Crippen LogP contribution in [-0.4, -0.2) is 24.2 Å². The predicted molar refractivity (Wildman–Crippen MR) is 92.1 cm³/mol. The molecule has 2 N–H and O–H groups in total. The molecule has 0 bridgehead atoms. The zero-order chi connectivity index (χ0) is 15.7. The quantitative estimate of drug-likeness (QED) is 0.766. The number of aliphatic hydroxyl groups is 1. The molecule has 0 aliphatic heterocycles. The number of amides is 1. The minimum absolute atomic E-state index is 0. The van der Waals surface area contributed by atoms with Crippen LogP contribution >= 0.6 is 0 Å². The SMILES string of the molecule is C.CC(C)(C)CCCO.CCC.CCCC(=O)NCC. The second-order valence-electron chi connectivity index (χ2n) is 5.80. The third-order valence-electron chi connectivity index (χ3n) is 1.94. The van der Waals surface area contributed by atoms with Crippen molar-refractivity contribution in [2.24, 2.45) is 5.41 Å². The van der Waals surface area contributed by atoms with E-state index in [1.807, 2.05) is 13.8 Å². The smallest absolute Gasteiger partial charge is 0.219 e. The molecular formula is C17H41NO2. The fourth-order valence-electron chi connectivity index (χ4n) is 1.12. The van der Waals surface area contributed by atoms with E-state index in [1.54, 1.807) is 0 Å². The highest BCUT2D eigenvalue weighted by molar-refractivity contribution is 5.75. The van der Waals surface area contributed by atoms with E-state index in [-0.39, 0.29) is 13.3 Å². The van der Waals surface area contributed by atoms with E-state index in [9.17, 15) is 4.79 Å². The van der Waals surface area contributed by atoms with E-state index in [2.05, 4.69) is 39.9 Å². The van der Waals surface area contributed by atoms with Crippen LogP contribution in [0.3, 0.4) is 0 Å². The van der Waals surface area contributed by atoms with Gasteiger partial charge >= 0.3 is 0 Å². The van der Waals surface area contributed by atoms with Gasteiger partial charge in [0, 0.05) is 19.6 Å². The van der Waals surface area contributed by atoms with Crippen LogP contribution in [-0.2, 0) is 4.79 Å². The molecule has 0 aromatic heterocycles. The average molecular weight is 292 g/mol. The summed E-state index contributed by atoms with van der Waals surface area (Å²) < 4.78 is 0. The Morgan fingerprint density at radius 3 is 1.75 bits per heavy atom. The molecule has 1 amide bonds. The van der Waals surface area contributed by atoms with Crippen molar-refractivity contribution in [2.45, 2.75) is 88.0 Å². The highest BCUT2D eigenvalue weighted by Gasteiger charge is 2.07. The molecule has 0 saturated carbocycles. The lowest BCUT2D eigenvalue weighted by Crippen LogP contribution is -2.21. The number of hydrogen-bond donors (Lipinski definition) is 2. The molecule has 0 rings (SSSR count). The summed E-state index contributed by atoms with van der Waals surface area (Å²) in [6.07, 6.45) is 4.90.